The van der Waals surface area contributed by atoms with Crippen molar-refractivity contribution in [1.82, 2.24) is 0 Å². The van der Waals surface area contributed by atoms with Gasteiger partial charge in [0.2, 0.25) is 0 Å². The maximum Gasteiger partial charge on any atom is 0.185 e. The third-order valence-electron chi connectivity index (χ3n) is 2.93. The van der Waals surface area contributed by atoms with E-state index in [-0.39, 0.29) is 0 Å². The monoisotopic (exact) mass is 211 g/mol. The first-order chi connectivity index (χ1) is 6.43. The summed E-state index contributed by atoms with van der Waals surface area (Å²) in [6.45, 7) is 8.65. The highest BCUT2D eigenvalue weighted by Gasteiger charge is 2.45. The molecule has 14 heavy (non-hydrogen) atoms. The lowest BCUT2D eigenvalue weighted by molar-refractivity contribution is 0.0762. The van der Waals surface area contributed by atoms with Crippen LogP contribution in [0, 0.1) is 17.2 Å². The van der Waals surface area contributed by atoms with Gasteiger partial charge in [-0.1, -0.05) is 6.92 Å². The van der Waals surface area contributed by atoms with Crippen LogP contribution in [0.25, 0.3) is 0 Å². The van der Waals surface area contributed by atoms with Gasteiger partial charge in [0, 0.05) is 5.92 Å². The van der Waals surface area contributed by atoms with Crippen LogP contribution in [-0.2, 0) is 4.43 Å². The molecule has 0 saturated heterocycles. The van der Waals surface area contributed by atoms with Crippen LogP contribution < -0.4 is 0 Å². The van der Waals surface area contributed by atoms with Gasteiger partial charge in [-0.2, -0.15) is 5.26 Å². The van der Waals surface area contributed by atoms with Gasteiger partial charge in [-0.3, -0.25) is 0 Å². The fourth-order valence-corrected chi connectivity index (χ4v) is 3.84. The largest absolute Gasteiger partial charge is 0.400 e. The lowest BCUT2D eigenvalue weighted by Crippen LogP contribution is -2.44. The Morgan fingerprint density at radius 3 is 2.57 bits per heavy atom. The maximum atomic E-state index is 9.33. The van der Waals surface area contributed by atoms with Crippen LogP contribution in [0.15, 0.2) is 0 Å². The Kier molecular flexibility index (Phi) is 3.39. The Morgan fingerprint density at radius 1 is 1.50 bits per heavy atom. The molecule has 2 unspecified atom stereocenters. The molecule has 0 spiro atoms. The summed E-state index contributed by atoms with van der Waals surface area (Å²) in [5, 5.41) is 9.33. The Bertz CT molecular complexity index is 241. The van der Waals surface area contributed by atoms with Gasteiger partial charge in [-0.05, 0) is 45.3 Å². The van der Waals surface area contributed by atoms with E-state index in [0.717, 1.165) is 25.7 Å². The third-order valence-corrected chi connectivity index (χ3v) is 3.91. The normalized spacial score (nSPS) is 32.9. The van der Waals surface area contributed by atoms with Crippen molar-refractivity contribution in [2.75, 3.05) is 0 Å². The first-order valence-electron chi connectivity index (χ1n) is 5.55. The maximum absolute atomic E-state index is 9.33. The second-order valence-electron chi connectivity index (χ2n) is 5.21. The molecule has 1 aliphatic rings. The minimum absolute atomic E-state index is 0.445. The predicted octanol–water partition coefficient (Wildman–Crippen LogP) is 3.31. The highest BCUT2D eigenvalue weighted by atomic mass is 28.4. The zero-order valence-electron chi connectivity index (χ0n) is 9.76. The number of nitrogens with zero attached hydrogens (tertiary/aromatic N) is 1. The van der Waals surface area contributed by atoms with Crippen LogP contribution in [0.1, 0.15) is 32.6 Å². The van der Waals surface area contributed by atoms with Crippen LogP contribution in [0.2, 0.25) is 19.6 Å². The summed E-state index contributed by atoms with van der Waals surface area (Å²) in [6, 6.07) is 2.45. The van der Waals surface area contributed by atoms with Gasteiger partial charge >= 0.3 is 0 Å². The van der Waals surface area contributed by atoms with Gasteiger partial charge in [0.15, 0.2) is 8.32 Å². The second-order valence-corrected chi connectivity index (χ2v) is 9.64. The zero-order chi connectivity index (χ0) is 10.8. The zero-order valence-corrected chi connectivity index (χ0v) is 10.8. The van der Waals surface area contributed by atoms with E-state index < -0.39 is 13.9 Å². The van der Waals surface area contributed by atoms with Crippen LogP contribution in [0.4, 0.5) is 0 Å². The van der Waals surface area contributed by atoms with Crippen molar-refractivity contribution in [2.45, 2.75) is 57.8 Å². The minimum atomic E-state index is -1.60. The molecule has 1 saturated carbocycles. The van der Waals surface area contributed by atoms with E-state index in [1.54, 1.807) is 0 Å². The Balaban J connectivity index is 2.81. The summed E-state index contributed by atoms with van der Waals surface area (Å²) in [6.07, 6.45) is 4.31. The van der Waals surface area contributed by atoms with Crippen molar-refractivity contribution in [3.8, 4) is 6.07 Å². The lowest BCUT2D eigenvalue weighted by atomic mass is 9.90. The average molecular weight is 211 g/mol. The molecule has 2 nitrogen and oxygen atoms in total. The van der Waals surface area contributed by atoms with E-state index in [1.165, 1.54) is 0 Å². The van der Waals surface area contributed by atoms with Crippen LogP contribution in [-0.4, -0.2) is 13.9 Å². The van der Waals surface area contributed by atoms with Crippen molar-refractivity contribution in [2.24, 2.45) is 5.92 Å². The van der Waals surface area contributed by atoms with Gasteiger partial charge < -0.3 is 4.43 Å². The fraction of sp³-hybridized carbons (Fsp3) is 0.909. The minimum Gasteiger partial charge on any atom is -0.400 e. The Morgan fingerprint density at radius 2 is 2.14 bits per heavy atom. The van der Waals surface area contributed by atoms with E-state index >= 15 is 0 Å². The topological polar surface area (TPSA) is 33.0 Å². The van der Waals surface area contributed by atoms with Crippen molar-refractivity contribution in [3.63, 3.8) is 0 Å². The Hall–Kier alpha value is -0.333. The summed E-state index contributed by atoms with van der Waals surface area (Å²) in [5.74, 6) is 0.458. The van der Waals surface area contributed by atoms with Crippen LogP contribution in [0.5, 0.6) is 0 Å². The second kappa shape index (κ2) is 4.04. The first-order valence-corrected chi connectivity index (χ1v) is 8.96. The molecular weight excluding hydrogens is 190 g/mol. The summed E-state index contributed by atoms with van der Waals surface area (Å²) < 4.78 is 6.12. The first kappa shape index (κ1) is 11.7. The van der Waals surface area contributed by atoms with Crippen LogP contribution in [0.3, 0.4) is 0 Å². The lowest BCUT2D eigenvalue weighted by Gasteiger charge is -2.34. The predicted molar refractivity (Wildman–Crippen MR) is 60.4 cm³/mol. The number of nitriles is 1. The molecule has 0 radical (unpaired) electrons. The quantitative estimate of drug-likeness (QED) is 0.671. The molecule has 0 bridgehead atoms. The van der Waals surface area contributed by atoms with Crippen molar-refractivity contribution in [3.05, 3.63) is 0 Å². The SMILES string of the molecule is CCC1CCCC1(C#N)O[Si](C)(C)C. The summed E-state index contributed by atoms with van der Waals surface area (Å²) in [4.78, 5) is 0. The third kappa shape index (κ3) is 2.37. The molecule has 1 rings (SSSR count). The Labute approximate surface area is 88.4 Å². The average Bonchev–Trinajstić information content (AvgIpc) is 2.45. The molecule has 0 aliphatic heterocycles. The molecule has 0 aromatic carbocycles. The van der Waals surface area contributed by atoms with Gasteiger partial charge in [0.1, 0.15) is 5.60 Å². The summed E-state index contributed by atoms with van der Waals surface area (Å²) in [7, 11) is -1.60. The van der Waals surface area contributed by atoms with Gasteiger partial charge in [-0.25, -0.2) is 0 Å². The van der Waals surface area contributed by atoms with E-state index in [4.69, 9.17) is 4.43 Å². The molecule has 80 valence electrons. The van der Waals surface area contributed by atoms with Gasteiger partial charge in [0.25, 0.3) is 0 Å². The van der Waals surface area contributed by atoms with Gasteiger partial charge in [-0.15, -0.1) is 0 Å². The van der Waals surface area contributed by atoms with Crippen LogP contribution >= 0.6 is 0 Å². The molecule has 1 fully saturated rings. The smallest absolute Gasteiger partial charge is 0.185 e. The van der Waals surface area contributed by atoms with Crippen molar-refractivity contribution < 1.29 is 4.43 Å². The fourth-order valence-electron chi connectivity index (χ4n) is 2.43. The number of hydrogen-bond acceptors (Lipinski definition) is 2. The van der Waals surface area contributed by atoms with Crippen molar-refractivity contribution >= 4 is 8.32 Å². The summed E-state index contributed by atoms with van der Waals surface area (Å²) in [5.41, 5.74) is -0.445. The standard InChI is InChI=1S/C11H21NOSi/c1-5-10-7-6-8-11(10,9-12)13-14(2,3)4/h10H,5-8H2,1-4H3. The van der Waals surface area contributed by atoms with E-state index in [1.807, 2.05) is 0 Å². The van der Waals surface area contributed by atoms with E-state index in [9.17, 15) is 5.26 Å². The molecule has 0 N–H and O–H groups in total. The highest BCUT2D eigenvalue weighted by molar-refractivity contribution is 6.69. The molecule has 1 aliphatic carbocycles. The molecule has 2 atom stereocenters. The molecule has 0 aromatic heterocycles. The summed E-state index contributed by atoms with van der Waals surface area (Å²) >= 11 is 0. The highest BCUT2D eigenvalue weighted by Crippen LogP contribution is 2.41. The number of rotatable bonds is 3. The van der Waals surface area contributed by atoms with E-state index in [2.05, 4.69) is 32.6 Å². The molecule has 3 heteroatoms. The van der Waals surface area contributed by atoms with Crippen molar-refractivity contribution in [1.29, 1.82) is 5.26 Å². The molecular formula is C11H21NOSi. The molecule has 0 aromatic rings. The van der Waals surface area contributed by atoms with E-state index in [0.29, 0.717) is 5.92 Å². The van der Waals surface area contributed by atoms with Gasteiger partial charge in [0.05, 0.1) is 6.07 Å². The number of hydrogen-bond donors (Lipinski definition) is 0. The molecule has 0 amide bonds. The molecule has 0 heterocycles.